The number of halogens is 2. The van der Waals surface area contributed by atoms with Gasteiger partial charge in [-0.15, -0.1) is 0 Å². The number of nitrogens with one attached hydrogen (secondary N) is 2. The number of carbonyl (C=O) groups excluding carboxylic acids is 1. The number of aromatic amines is 1. The minimum atomic E-state index is -2.96. The molecule has 1 amide bonds. The van der Waals surface area contributed by atoms with Crippen molar-refractivity contribution in [1.29, 1.82) is 0 Å². The van der Waals surface area contributed by atoms with Crippen molar-refractivity contribution in [3.8, 4) is 5.75 Å². The molecule has 3 aromatic rings. The highest BCUT2D eigenvalue weighted by atomic mass is 19.3. The topological polar surface area (TPSA) is 106 Å². The lowest BCUT2D eigenvalue weighted by molar-refractivity contribution is -0.0499. The van der Waals surface area contributed by atoms with Crippen molar-refractivity contribution >= 4 is 16.9 Å². The monoisotopic (exact) mass is 444 g/mol. The lowest BCUT2D eigenvalue weighted by Gasteiger charge is -2.17. The van der Waals surface area contributed by atoms with Crippen LogP contribution < -0.4 is 21.3 Å². The number of H-pyrrole nitrogens is 1. The third-order valence-electron chi connectivity index (χ3n) is 5.46. The molecule has 0 radical (unpaired) electrons. The number of fused-ring (bicyclic) bond motifs is 1. The summed E-state index contributed by atoms with van der Waals surface area (Å²) in [5.41, 5.74) is 0.241. The second-order valence-corrected chi connectivity index (χ2v) is 7.72. The van der Waals surface area contributed by atoms with Crippen molar-refractivity contribution in [3.05, 3.63) is 68.0 Å². The van der Waals surface area contributed by atoms with Gasteiger partial charge in [0, 0.05) is 18.2 Å². The lowest BCUT2D eigenvalue weighted by atomic mass is 10.1. The molecule has 0 aliphatic heterocycles. The van der Waals surface area contributed by atoms with Crippen LogP contribution in [0.15, 0.2) is 39.9 Å². The number of pyridine rings is 1. The lowest BCUT2D eigenvalue weighted by Crippen LogP contribution is -2.33. The molecule has 1 aliphatic carbocycles. The molecule has 1 aliphatic rings. The van der Waals surface area contributed by atoms with E-state index in [2.05, 4.69) is 20.0 Å². The van der Waals surface area contributed by atoms with E-state index in [0.29, 0.717) is 11.3 Å². The van der Waals surface area contributed by atoms with Crippen LogP contribution in [0.5, 0.6) is 5.75 Å². The maximum Gasteiger partial charge on any atom is 0.387 e. The van der Waals surface area contributed by atoms with Crippen LogP contribution in [-0.2, 0) is 6.54 Å². The second-order valence-electron chi connectivity index (χ2n) is 7.72. The molecule has 4 rings (SSSR count). The number of amides is 1. The van der Waals surface area contributed by atoms with Gasteiger partial charge in [0.25, 0.3) is 11.5 Å². The zero-order chi connectivity index (χ0) is 23.0. The Labute approximate surface area is 181 Å². The van der Waals surface area contributed by atoms with E-state index >= 15 is 0 Å². The molecule has 2 heterocycles. The number of aryl methyl sites for hydroxylation is 1. The third kappa shape index (κ3) is 4.25. The second kappa shape index (κ2) is 8.52. The number of rotatable bonds is 7. The van der Waals surface area contributed by atoms with Gasteiger partial charge in [0.05, 0.1) is 17.0 Å². The van der Waals surface area contributed by atoms with Gasteiger partial charge < -0.3 is 10.1 Å². The van der Waals surface area contributed by atoms with Crippen molar-refractivity contribution in [1.82, 2.24) is 19.9 Å². The maximum absolute atomic E-state index is 13.2. The molecule has 1 atom stereocenters. The van der Waals surface area contributed by atoms with Crippen molar-refractivity contribution in [2.75, 3.05) is 0 Å². The van der Waals surface area contributed by atoms with Crippen LogP contribution in [0.25, 0.3) is 11.0 Å². The van der Waals surface area contributed by atoms with Crippen molar-refractivity contribution in [2.24, 2.45) is 0 Å². The predicted molar refractivity (Wildman–Crippen MR) is 113 cm³/mol. The number of ether oxygens (including phenoxy) is 1. The smallest absolute Gasteiger partial charge is 0.387 e. The predicted octanol–water partition coefficient (Wildman–Crippen LogP) is 3.07. The van der Waals surface area contributed by atoms with Crippen LogP contribution in [0.3, 0.4) is 0 Å². The van der Waals surface area contributed by atoms with E-state index in [-0.39, 0.29) is 34.8 Å². The molecular weight excluding hydrogens is 422 g/mol. The standard InChI is InChI=1S/C22H22F2N4O4/c1-3-28-18-17(20(30)27-22(28)31)15(10-16(26-18)12-7-8-12)19(29)25-11(2)13-5-4-6-14(9-13)32-21(23)24/h4-6,9-12,21H,3,7-8H2,1-2H3,(H,25,29)(H,27,30,31). The summed E-state index contributed by atoms with van der Waals surface area (Å²) in [6.07, 6.45) is 1.85. The van der Waals surface area contributed by atoms with Gasteiger partial charge in [0.2, 0.25) is 0 Å². The molecule has 0 spiro atoms. The van der Waals surface area contributed by atoms with E-state index in [1.54, 1.807) is 32.0 Å². The van der Waals surface area contributed by atoms with E-state index in [1.807, 2.05) is 0 Å². The van der Waals surface area contributed by atoms with Crippen LogP contribution in [0.4, 0.5) is 8.78 Å². The van der Waals surface area contributed by atoms with Gasteiger partial charge in [-0.1, -0.05) is 12.1 Å². The molecular formula is C22H22F2N4O4. The Morgan fingerprint density at radius 2 is 2.06 bits per heavy atom. The summed E-state index contributed by atoms with van der Waals surface area (Å²) >= 11 is 0. The first-order valence-corrected chi connectivity index (χ1v) is 10.3. The van der Waals surface area contributed by atoms with Crippen LogP contribution in [-0.4, -0.2) is 27.1 Å². The summed E-state index contributed by atoms with van der Waals surface area (Å²) < 4.78 is 30.8. The van der Waals surface area contributed by atoms with Gasteiger partial charge in [-0.05, 0) is 50.5 Å². The van der Waals surface area contributed by atoms with E-state index in [0.717, 1.165) is 12.8 Å². The normalized spacial score (nSPS) is 14.5. The zero-order valence-corrected chi connectivity index (χ0v) is 17.5. The highest BCUT2D eigenvalue weighted by molar-refractivity contribution is 6.05. The Bertz CT molecular complexity index is 1300. The fourth-order valence-electron chi connectivity index (χ4n) is 3.67. The Balaban J connectivity index is 1.73. The SMILES string of the molecule is CCn1c(=O)[nH]c(=O)c2c(C(=O)NC(C)c3cccc(OC(F)F)c3)cc(C3CC3)nc21. The van der Waals surface area contributed by atoms with Crippen molar-refractivity contribution < 1.29 is 18.3 Å². The Kier molecular flexibility index (Phi) is 5.77. The maximum atomic E-state index is 13.2. The first kappa shape index (κ1) is 21.7. The van der Waals surface area contributed by atoms with Crippen molar-refractivity contribution in [3.63, 3.8) is 0 Å². The number of hydrogen-bond acceptors (Lipinski definition) is 5. The quantitative estimate of drug-likeness (QED) is 0.583. The summed E-state index contributed by atoms with van der Waals surface area (Å²) in [4.78, 5) is 44.8. The van der Waals surface area contributed by atoms with Crippen LogP contribution in [0, 0.1) is 0 Å². The fraction of sp³-hybridized carbons (Fsp3) is 0.364. The van der Waals surface area contributed by atoms with Gasteiger partial charge >= 0.3 is 12.3 Å². The highest BCUT2D eigenvalue weighted by Gasteiger charge is 2.29. The Morgan fingerprint density at radius 1 is 1.31 bits per heavy atom. The molecule has 0 bridgehead atoms. The molecule has 168 valence electrons. The zero-order valence-electron chi connectivity index (χ0n) is 17.5. The average molecular weight is 444 g/mol. The summed E-state index contributed by atoms with van der Waals surface area (Å²) in [6, 6.07) is 7.06. The van der Waals surface area contributed by atoms with Crippen LogP contribution >= 0.6 is 0 Å². The molecule has 2 aromatic heterocycles. The molecule has 1 aromatic carbocycles. The molecule has 8 nitrogen and oxygen atoms in total. The summed E-state index contributed by atoms with van der Waals surface area (Å²) in [7, 11) is 0. The van der Waals surface area contributed by atoms with E-state index < -0.39 is 29.8 Å². The summed E-state index contributed by atoms with van der Waals surface area (Å²) in [5.74, 6) is -0.364. The first-order chi connectivity index (χ1) is 15.3. The molecule has 0 saturated heterocycles. The number of nitrogens with zero attached hydrogens (tertiary/aromatic N) is 2. The molecule has 10 heteroatoms. The minimum Gasteiger partial charge on any atom is -0.435 e. The fourth-order valence-corrected chi connectivity index (χ4v) is 3.67. The van der Waals surface area contributed by atoms with Crippen molar-refractivity contribution in [2.45, 2.75) is 51.8 Å². The molecule has 1 unspecified atom stereocenters. The highest BCUT2D eigenvalue weighted by Crippen LogP contribution is 2.40. The minimum absolute atomic E-state index is 0.0209. The van der Waals surface area contributed by atoms with Crippen LogP contribution in [0.2, 0.25) is 0 Å². The summed E-state index contributed by atoms with van der Waals surface area (Å²) in [6.45, 7) is 0.765. The Morgan fingerprint density at radius 3 is 2.72 bits per heavy atom. The van der Waals surface area contributed by atoms with E-state index in [1.165, 1.54) is 16.7 Å². The first-order valence-electron chi connectivity index (χ1n) is 10.3. The third-order valence-corrected chi connectivity index (χ3v) is 5.46. The van der Waals surface area contributed by atoms with E-state index in [4.69, 9.17) is 0 Å². The number of benzene rings is 1. The van der Waals surface area contributed by atoms with E-state index in [9.17, 15) is 23.2 Å². The number of aromatic nitrogens is 3. The van der Waals surface area contributed by atoms with Gasteiger partial charge in [-0.3, -0.25) is 19.1 Å². The molecule has 1 fully saturated rings. The van der Waals surface area contributed by atoms with Gasteiger partial charge in [0.1, 0.15) is 5.75 Å². The molecule has 32 heavy (non-hydrogen) atoms. The molecule has 2 N–H and O–H groups in total. The van der Waals surface area contributed by atoms with Gasteiger partial charge in [-0.25, -0.2) is 9.78 Å². The van der Waals surface area contributed by atoms with Gasteiger partial charge in [0.15, 0.2) is 5.65 Å². The number of hydrogen-bond donors (Lipinski definition) is 2. The van der Waals surface area contributed by atoms with Crippen LogP contribution in [0.1, 0.15) is 60.3 Å². The number of carbonyl (C=O) groups is 1. The summed E-state index contributed by atoms with van der Waals surface area (Å²) in [5, 5.41) is 2.84. The number of alkyl halides is 2. The average Bonchev–Trinajstić information content (AvgIpc) is 3.58. The largest absolute Gasteiger partial charge is 0.435 e. The molecule has 1 saturated carbocycles. The van der Waals surface area contributed by atoms with Gasteiger partial charge in [-0.2, -0.15) is 8.78 Å². The Hall–Kier alpha value is -3.56.